The van der Waals surface area contributed by atoms with E-state index in [0.29, 0.717) is 45.9 Å². The van der Waals surface area contributed by atoms with Crippen molar-refractivity contribution in [2.24, 2.45) is 0 Å². The average molecular weight is 591 g/mol. The van der Waals surface area contributed by atoms with Gasteiger partial charge in [-0.3, -0.25) is 0 Å². The quantitative estimate of drug-likeness (QED) is 0.214. The number of aromatic nitrogens is 8. The topological polar surface area (TPSA) is 129 Å². The van der Waals surface area contributed by atoms with Crippen molar-refractivity contribution in [1.82, 2.24) is 39.9 Å². The third kappa shape index (κ3) is 3.66. The number of rotatable bonds is 1. The summed E-state index contributed by atoms with van der Waals surface area (Å²) >= 11 is 1.98. The first-order chi connectivity index (χ1) is 21.2. The predicted molar refractivity (Wildman–Crippen MR) is 162 cm³/mol. The average Bonchev–Trinajstić information content (AvgIpc) is 3.76. The molecule has 0 fully saturated rings. The van der Waals surface area contributed by atoms with Crippen LogP contribution in [-0.4, -0.2) is 45.0 Å². The summed E-state index contributed by atoms with van der Waals surface area (Å²) in [5.74, 6) is 2.19. The molecule has 201 valence electrons. The molecule has 4 aromatic carbocycles. The second-order valence-electron chi connectivity index (χ2n) is 10.4. The Morgan fingerprint density at radius 3 is 1.40 bits per heavy atom. The second kappa shape index (κ2) is 9.21. The maximum atomic E-state index is 10.4. The van der Waals surface area contributed by atoms with Gasteiger partial charge in [0.2, 0.25) is 0 Å². The molecule has 0 spiro atoms. The standard InChI is InChI=1S/C33H19N8O.Ti/c42-16-17-8-7-15-24-25(17)33-40-31-23-14-6-5-13-22(23)29(38-31)36-27-19-10-2-1-9-18(19)26(34-27)35-28-20-11-3-4-12-21(20)30(37-28)39-32(24)41-33;/h1-7,9-15,42H,16H2,(H2,34,35,36,37,38,39,40,41);. The minimum atomic E-state index is -0.138. The van der Waals surface area contributed by atoms with Crippen molar-refractivity contribution in [3.63, 3.8) is 0 Å². The van der Waals surface area contributed by atoms with E-state index >= 15 is 0 Å². The second-order valence-corrected chi connectivity index (χ2v) is 11.3. The van der Waals surface area contributed by atoms with Crippen LogP contribution in [0.2, 0.25) is 0 Å². The van der Waals surface area contributed by atoms with Gasteiger partial charge in [-0.1, -0.05) is 18.2 Å². The van der Waals surface area contributed by atoms with Crippen molar-refractivity contribution in [2.75, 3.05) is 0 Å². The molecule has 10 heteroatoms. The SMILES string of the molecule is OCc1[c]([Ti])ccc2c3nc4nc(nc5[nH]c(nc6nc(nc([nH]3)c12)-c1ccccc1-6)c1ccccc51)-c1ccccc1-4. The van der Waals surface area contributed by atoms with Crippen molar-refractivity contribution in [3.05, 3.63) is 90.5 Å². The van der Waals surface area contributed by atoms with Gasteiger partial charge >= 0.3 is 238 Å². The monoisotopic (exact) mass is 591 g/mol. The number of fused-ring (bicyclic) bond motifs is 20. The number of benzene rings is 4. The van der Waals surface area contributed by atoms with Gasteiger partial charge in [0.25, 0.3) is 0 Å². The fraction of sp³-hybridized carbons (Fsp3) is 0.0303. The van der Waals surface area contributed by atoms with Crippen molar-refractivity contribution < 1.29 is 25.5 Å². The van der Waals surface area contributed by atoms with Gasteiger partial charge in [0, 0.05) is 0 Å². The molecule has 2 aliphatic rings. The maximum absolute atomic E-state index is 10.4. The zero-order valence-electron chi connectivity index (χ0n) is 22.4. The summed E-state index contributed by atoms with van der Waals surface area (Å²) in [6, 6.07) is 27.9. The van der Waals surface area contributed by atoms with E-state index in [0.717, 1.165) is 53.2 Å². The Morgan fingerprint density at radius 1 is 0.488 bits per heavy atom. The third-order valence-electron chi connectivity index (χ3n) is 7.99. The van der Waals surface area contributed by atoms with Crippen LogP contribution in [0.5, 0.6) is 0 Å². The third-order valence-corrected chi connectivity index (χ3v) is 8.72. The Morgan fingerprint density at radius 2 is 0.907 bits per heavy atom. The van der Waals surface area contributed by atoms with Gasteiger partial charge < -0.3 is 0 Å². The van der Waals surface area contributed by atoms with Crippen LogP contribution in [0.15, 0.2) is 84.9 Å². The summed E-state index contributed by atoms with van der Waals surface area (Å²) in [6.45, 7) is -0.138. The number of nitrogens with one attached hydrogen (secondary N) is 2. The molecule has 0 unspecified atom stereocenters. The van der Waals surface area contributed by atoms with Gasteiger partial charge in [0.15, 0.2) is 0 Å². The molecule has 43 heavy (non-hydrogen) atoms. The van der Waals surface area contributed by atoms with Crippen LogP contribution in [0.25, 0.3) is 89.7 Å². The van der Waals surface area contributed by atoms with Gasteiger partial charge in [0.05, 0.1) is 0 Å². The molecule has 2 aliphatic heterocycles. The van der Waals surface area contributed by atoms with Crippen LogP contribution in [0.1, 0.15) is 5.56 Å². The molecule has 9 rings (SSSR count). The molecular weight excluding hydrogens is 572 g/mol. The molecule has 8 bridgehead atoms. The van der Waals surface area contributed by atoms with Gasteiger partial charge in [0.1, 0.15) is 0 Å². The number of H-pyrrole nitrogens is 2. The van der Waals surface area contributed by atoms with Crippen LogP contribution in [0.4, 0.5) is 0 Å². The molecule has 0 radical (unpaired) electrons. The van der Waals surface area contributed by atoms with Crippen LogP contribution in [0, 0.1) is 0 Å². The van der Waals surface area contributed by atoms with E-state index in [1.807, 2.05) is 105 Å². The number of nitrogens with zero attached hydrogens (tertiary/aromatic N) is 6. The normalized spacial score (nSPS) is 12.0. The fourth-order valence-corrected chi connectivity index (χ4v) is 6.41. The van der Waals surface area contributed by atoms with Gasteiger partial charge in [-0.15, -0.1) is 0 Å². The van der Waals surface area contributed by atoms with E-state index in [1.54, 1.807) is 0 Å². The van der Waals surface area contributed by atoms with Gasteiger partial charge in [-0.25, -0.2) is 0 Å². The van der Waals surface area contributed by atoms with Crippen LogP contribution < -0.4 is 3.87 Å². The van der Waals surface area contributed by atoms with E-state index in [-0.39, 0.29) is 6.61 Å². The Hall–Kier alpha value is -5.09. The first-order valence-electron chi connectivity index (χ1n) is 13.7. The van der Waals surface area contributed by atoms with E-state index < -0.39 is 0 Å². The van der Waals surface area contributed by atoms with E-state index in [1.165, 1.54) is 0 Å². The molecular formula is C33H19N8OTi. The summed E-state index contributed by atoms with van der Waals surface area (Å²) in [7, 11) is 0. The van der Waals surface area contributed by atoms with Crippen molar-refractivity contribution in [2.45, 2.75) is 6.61 Å². The van der Waals surface area contributed by atoms with E-state index in [9.17, 15) is 5.11 Å². The Balaban J connectivity index is 1.52. The van der Waals surface area contributed by atoms with Gasteiger partial charge in [-0.05, 0) is 0 Å². The summed E-state index contributed by atoms with van der Waals surface area (Å²) < 4.78 is 0.964. The predicted octanol–water partition coefficient (Wildman–Crippen LogP) is 5.53. The van der Waals surface area contributed by atoms with Crippen molar-refractivity contribution in [3.8, 4) is 45.6 Å². The molecule has 3 aromatic heterocycles. The van der Waals surface area contributed by atoms with Crippen molar-refractivity contribution >= 4 is 48.0 Å². The number of aliphatic hydroxyl groups is 1. The molecule has 0 amide bonds. The molecule has 7 aromatic rings. The first-order valence-corrected chi connectivity index (χ1v) is 14.5. The first kappa shape index (κ1) is 24.5. The van der Waals surface area contributed by atoms with Crippen LogP contribution in [-0.2, 0) is 27.0 Å². The summed E-state index contributed by atoms with van der Waals surface area (Å²) in [4.78, 5) is 36.9. The summed E-state index contributed by atoms with van der Waals surface area (Å²) in [5, 5.41) is 13.9. The zero-order valence-corrected chi connectivity index (χ0v) is 24.0. The molecule has 0 aliphatic carbocycles. The summed E-state index contributed by atoms with van der Waals surface area (Å²) in [6.07, 6.45) is 0. The fourth-order valence-electron chi connectivity index (χ4n) is 5.97. The molecule has 0 atom stereocenters. The number of aliphatic hydroxyl groups excluding tert-OH is 1. The Bertz CT molecular complexity index is 2480. The van der Waals surface area contributed by atoms with Crippen LogP contribution in [0.3, 0.4) is 0 Å². The van der Waals surface area contributed by atoms with Crippen LogP contribution >= 0.6 is 0 Å². The number of hydrogen-bond donors (Lipinski definition) is 3. The summed E-state index contributed by atoms with van der Waals surface area (Å²) in [5.41, 5.74) is 6.80. The van der Waals surface area contributed by atoms with E-state index in [4.69, 9.17) is 29.9 Å². The molecule has 5 heterocycles. The van der Waals surface area contributed by atoms with Gasteiger partial charge in [-0.2, -0.15) is 0 Å². The number of hydrogen-bond acceptors (Lipinski definition) is 7. The molecule has 0 saturated heterocycles. The molecule has 9 nitrogen and oxygen atoms in total. The Labute approximate surface area is 255 Å². The zero-order chi connectivity index (χ0) is 28.7. The number of aromatic amines is 2. The van der Waals surface area contributed by atoms with Crippen molar-refractivity contribution in [1.29, 1.82) is 0 Å². The Kier molecular flexibility index (Phi) is 5.25. The minimum absolute atomic E-state index is 0.138. The van der Waals surface area contributed by atoms with E-state index in [2.05, 4.69) is 9.97 Å². The molecule has 0 saturated carbocycles. The molecule has 3 N–H and O–H groups in total.